The molecule has 0 bridgehead atoms. The van der Waals surface area contributed by atoms with Gasteiger partial charge < -0.3 is 18.1 Å². The molecule has 12 rings (SSSR count). The fourth-order valence-electron chi connectivity index (χ4n) is 8.83. The highest BCUT2D eigenvalue weighted by Crippen LogP contribution is 2.47. The molecule has 0 spiro atoms. The summed E-state index contributed by atoms with van der Waals surface area (Å²) in [7, 11) is 0. The van der Waals surface area contributed by atoms with E-state index in [4.69, 9.17) is 0 Å². The van der Waals surface area contributed by atoms with Crippen molar-refractivity contribution >= 4 is 85.0 Å². The second-order valence-corrected chi connectivity index (χ2v) is 14.5. The van der Waals surface area contributed by atoms with Crippen molar-refractivity contribution in [1.29, 1.82) is 0 Å². The van der Waals surface area contributed by atoms with E-state index in [-0.39, 0.29) is 6.98 Å². The van der Waals surface area contributed by atoms with E-state index in [1.54, 1.807) is 0 Å². The average Bonchev–Trinajstić information content (AvgIpc) is 3.98. The number of rotatable bonds is 3. The Hall–Kier alpha value is -6.31. The van der Waals surface area contributed by atoms with Crippen molar-refractivity contribution in [2.24, 2.45) is 0 Å². The molecule has 5 nitrogen and oxygen atoms in total. The van der Waals surface area contributed by atoms with E-state index in [2.05, 4.69) is 193 Å². The molecule has 0 unspecified atom stereocenters. The molecule has 6 aromatic carbocycles. The molecule has 0 aliphatic carbocycles. The van der Waals surface area contributed by atoms with Crippen LogP contribution in [-0.4, -0.2) is 25.1 Å². The topological polar surface area (TPSA) is 23.0 Å². The highest BCUT2D eigenvalue weighted by Gasteiger charge is 2.42. The summed E-state index contributed by atoms with van der Waals surface area (Å²) in [5.41, 5.74) is 10.8. The summed E-state index contributed by atoms with van der Waals surface area (Å²) in [5.74, 6) is 1.14. The molecule has 6 heterocycles. The minimum Gasteiger partial charge on any atom is -0.362 e. The Morgan fingerprint density at radius 3 is 1.61 bits per heavy atom. The summed E-state index contributed by atoms with van der Waals surface area (Å²) in [4.78, 5) is 3.78. The Kier molecular flexibility index (Phi) is 5.46. The molecule has 7 heteroatoms. The van der Waals surface area contributed by atoms with Gasteiger partial charge in [0, 0.05) is 43.3 Å². The van der Waals surface area contributed by atoms with Crippen LogP contribution < -0.4 is 10.4 Å². The van der Waals surface area contributed by atoms with E-state index in [1.165, 1.54) is 64.7 Å². The molecule has 0 fully saturated rings. The van der Waals surface area contributed by atoms with Gasteiger partial charge in [0.25, 0.3) is 0 Å². The predicted molar refractivity (Wildman–Crippen MR) is 213 cm³/mol. The molecular formula is C44H28BN5S. The highest BCUT2D eigenvalue weighted by atomic mass is 32.2. The number of hydrogen-bond acceptors (Lipinski definition) is 2. The van der Waals surface area contributed by atoms with Crippen molar-refractivity contribution < 1.29 is 0 Å². The maximum absolute atomic E-state index is 2.50. The number of fused-ring (bicyclic) bond motifs is 10. The van der Waals surface area contributed by atoms with E-state index in [1.807, 2.05) is 11.8 Å². The predicted octanol–water partition coefficient (Wildman–Crippen LogP) is 10.5. The van der Waals surface area contributed by atoms with Gasteiger partial charge in [-0.25, -0.2) is 0 Å². The molecule has 0 amide bonds. The van der Waals surface area contributed by atoms with Gasteiger partial charge in [0.2, 0.25) is 0 Å². The van der Waals surface area contributed by atoms with Gasteiger partial charge in [-0.05, 0) is 85.2 Å². The summed E-state index contributed by atoms with van der Waals surface area (Å²) in [6.07, 6.45) is 4.47. The number of aromatic nitrogens is 4. The molecule has 0 saturated carbocycles. The molecular weight excluding hydrogens is 641 g/mol. The third kappa shape index (κ3) is 3.63. The van der Waals surface area contributed by atoms with Crippen molar-refractivity contribution in [3.05, 3.63) is 170 Å². The minimum absolute atomic E-state index is 0.00935. The first-order chi connectivity index (χ1) is 25.3. The van der Waals surface area contributed by atoms with Gasteiger partial charge in [-0.15, -0.1) is 0 Å². The third-order valence-electron chi connectivity index (χ3n) is 10.9. The maximum Gasteiger partial charge on any atom is 0.424 e. The number of para-hydroxylation sites is 6. The lowest BCUT2D eigenvalue weighted by Crippen LogP contribution is -2.53. The fraction of sp³-hybridized carbons (Fsp3) is 0. The van der Waals surface area contributed by atoms with E-state index in [0.717, 1.165) is 22.9 Å². The largest absolute Gasteiger partial charge is 0.424 e. The van der Waals surface area contributed by atoms with Crippen molar-refractivity contribution in [2.45, 2.75) is 9.92 Å². The molecule has 0 radical (unpaired) electrons. The van der Waals surface area contributed by atoms with Crippen LogP contribution in [0.5, 0.6) is 0 Å². The zero-order valence-corrected chi connectivity index (χ0v) is 28.2. The van der Waals surface area contributed by atoms with E-state index in [9.17, 15) is 0 Å². The van der Waals surface area contributed by atoms with Crippen molar-refractivity contribution in [3.8, 4) is 11.4 Å². The standard InChI is InChI=1S/C44H28BN5S/c1-5-17-34-30(13-1)31-14-2-6-18-35(31)48(34)29-27-40-44-41(28-29)51-43-24-12-26-47(43)45(44)46-25-11-23-42(46)50(40)39-22-10-9-21-38(39)49-36-19-7-3-15-32(36)33-16-4-8-20-37(33)49/h1-28H. The summed E-state index contributed by atoms with van der Waals surface area (Å²) in [6, 6.07) is 57.8. The SMILES string of the molecule is c1ccc(-n2c3ccccc3c3ccccc32)c(N2c3cc(-n4c5ccccc5c5ccccc54)cc4c3B(n3cccc3S4)n3cccc32)c1. The van der Waals surface area contributed by atoms with E-state index >= 15 is 0 Å². The second-order valence-electron chi connectivity index (χ2n) is 13.4. The second kappa shape index (κ2) is 10.1. The lowest BCUT2D eigenvalue weighted by Gasteiger charge is -2.40. The molecule has 0 saturated heterocycles. The number of anilines is 3. The fourth-order valence-corrected chi connectivity index (χ4v) is 9.97. The molecule has 2 aliphatic rings. The number of nitrogens with zero attached hydrogens (tertiary/aromatic N) is 5. The van der Waals surface area contributed by atoms with Crippen molar-refractivity contribution in [1.82, 2.24) is 18.1 Å². The van der Waals surface area contributed by atoms with E-state index in [0.29, 0.717) is 0 Å². The zero-order valence-electron chi connectivity index (χ0n) is 27.4. The van der Waals surface area contributed by atoms with Gasteiger partial charge in [0.05, 0.1) is 38.5 Å². The monoisotopic (exact) mass is 669 g/mol. The molecule has 2 aliphatic heterocycles. The molecule has 0 N–H and O–H groups in total. The van der Waals surface area contributed by atoms with Crippen LogP contribution >= 0.6 is 11.8 Å². The van der Waals surface area contributed by atoms with Gasteiger partial charge in [0.15, 0.2) is 0 Å². The average molecular weight is 670 g/mol. The lowest BCUT2D eigenvalue weighted by molar-refractivity contribution is 0.955. The summed E-state index contributed by atoms with van der Waals surface area (Å²) in [6.45, 7) is 0.00935. The van der Waals surface area contributed by atoms with Crippen LogP contribution in [0.4, 0.5) is 17.2 Å². The van der Waals surface area contributed by atoms with Crippen LogP contribution in [0, 0.1) is 0 Å². The summed E-state index contributed by atoms with van der Waals surface area (Å²) >= 11 is 1.86. The maximum atomic E-state index is 2.50. The van der Waals surface area contributed by atoms with Crippen LogP contribution in [0.25, 0.3) is 55.0 Å². The molecule has 0 atom stereocenters. The lowest BCUT2D eigenvalue weighted by atomic mass is 9.64. The Morgan fingerprint density at radius 1 is 0.431 bits per heavy atom. The normalized spacial score (nSPS) is 13.3. The van der Waals surface area contributed by atoms with Crippen LogP contribution in [0.15, 0.2) is 180 Å². The molecule has 10 aromatic rings. The van der Waals surface area contributed by atoms with Gasteiger partial charge in [-0.1, -0.05) is 96.7 Å². The molecule has 4 aromatic heterocycles. The summed E-state index contributed by atoms with van der Waals surface area (Å²) in [5, 5.41) is 6.29. The number of benzene rings is 6. The minimum atomic E-state index is 0.00935. The van der Waals surface area contributed by atoms with Crippen molar-refractivity contribution in [2.75, 3.05) is 4.90 Å². The molecule has 51 heavy (non-hydrogen) atoms. The van der Waals surface area contributed by atoms with Crippen LogP contribution in [0.3, 0.4) is 0 Å². The smallest absolute Gasteiger partial charge is 0.362 e. The van der Waals surface area contributed by atoms with Gasteiger partial charge >= 0.3 is 6.98 Å². The van der Waals surface area contributed by atoms with Crippen LogP contribution in [0.1, 0.15) is 0 Å². The van der Waals surface area contributed by atoms with Crippen LogP contribution in [0.2, 0.25) is 0 Å². The highest BCUT2D eigenvalue weighted by molar-refractivity contribution is 7.99. The molecule has 238 valence electrons. The van der Waals surface area contributed by atoms with E-state index < -0.39 is 0 Å². The Labute approximate surface area is 298 Å². The van der Waals surface area contributed by atoms with Gasteiger partial charge in [0.1, 0.15) is 5.82 Å². The van der Waals surface area contributed by atoms with Gasteiger partial charge in [-0.2, -0.15) is 0 Å². The zero-order chi connectivity index (χ0) is 33.2. The van der Waals surface area contributed by atoms with Crippen molar-refractivity contribution in [3.63, 3.8) is 0 Å². The first-order valence-electron chi connectivity index (χ1n) is 17.4. The summed E-state index contributed by atoms with van der Waals surface area (Å²) < 4.78 is 9.77. The third-order valence-corrected chi connectivity index (χ3v) is 12.0. The Morgan fingerprint density at radius 2 is 0.961 bits per heavy atom. The Balaban J connectivity index is 1.19. The first kappa shape index (κ1) is 27.5. The number of hydrogen-bond donors (Lipinski definition) is 0. The van der Waals surface area contributed by atoms with Crippen LogP contribution in [-0.2, 0) is 0 Å². The Bertz CT molecular complexity index is 2950. The van der Waals surface area contributed by atoms with Gasteiger partial charge in [-0.3, -0.25) is 4.90 Å². The quantitative estimate of drug-likeness (QED) is 0.175. The first-order valence-corrected chi connectivity index (χ1v) is 18.2.